The fraction of sp³-hybridized carbons (Fsp3) is 1.00. The SMILES string of the molecule is OC1(CNCC2CCCO2)CCCC1. The number of aliphatic hydroxyl groups is 1. The zero-order chi connectivity index (χ0) is 9.86. The Balaban J connectivity index is 1.61. The van der Waals surface area contributed by atoms with Crippen LogP contribution in [0.15, 0.2) is 0 Å². The van der Waals surface area contributed by atoms with Crippen molar-refractivity contribution in [2.45, 2.75) is 50.2 Å². The second kappa shape index (κ2) is 4.60. The van der Waals surface area contributed by atoms with Crippen LogP contribution in [0.1, 0.15) is 38.5 Å². The minimum Gasteiger partial charge on any atom is -0.389 e. The number of hydrogen-bond acceptors (Lipinski definition) is 3. The summed E-state index contributed by atoms with van der Waals surface area (Å²) in [6.45, 7) is 2.56. The maximum absolute atomic E-state index is 10.1. The van der Waals surface area contributed by atoms with Crippen LogP contribution < -0.4 is 5.32 Å². The lowest BCUT2D eigenvalue weighted by atomic mass is 10.0. The molecule has 3 nitrogen and oxygen atoms in total. The van der Waals surface area contributed by atoms with Crippen LogP contribution in [0.5, 0.6) is 0 Å². The molecule has 1 aliphatic carbocycles. The van der Waals surface area contributed by atoms with Gasteiger partial charge in [0.1, 0.15) is 0 Å². The summed E-state index contributed by atoms with van der Waals surface area (Å²) in [6, 6.07) is 0. The molecule has 14 heavy (non-hydrogen) atoms. The molecule has 0 amide bonds. The van der Waals surface area contributed by atoms with Crippen molar-refractivity contribution in [1.82, 2.24) is 5.32 Å². The molecule has 1 heterocycles. The van der Waals surface area contributed by atoms with Gasteiger partial charge in [-0.3, -0.25) is 0 Å². The molecule has 1 unspecified atom stereocenters. The summed E-state index contributed by atoms with van der Waals surface area (Å²) in [5, 5.41) is 13.4. The van der Waals surface area contributed by atoms with Crippen molar-refractivity contribution in [2.75, 3.05) is 19.7 Å². The van der Waals surface area contributed by atoms with E-state index in [2.05, 4.69) is 5.32 Å². The third-order valence-electron chi connectivity index (χ3n) is 3.38. The summed E-state index contributed by atoms with van der Waals surface area (Å²) >= 11 is 0. The zero-order valence-electron chi connectivity index (χ0n) is 8.80. The molecule has 2 rings (SSSR count). The van der Waals surface area contributed by atoms with E-state index < -0.39 is 5.60 Å². The van der Waals surface area contributed by atoms with E-state index in [1.807, 2.05) is 0 Å². The van der Waals surface area contributed by atoms with Gasteiger partial charge in [0.25, 0.3) is 0 Å². The molecule has 1 saturated heterocycles. The average Bonchev–Trinajstić information content (AvgIpc) is 2.77. The van der Waals surface area contributed by atoms with E-state index in [1.54, 1.807) is 0 Å². The van der Waals surface area contributed by atoms with Crippen molar-refractivity contribution in [2.24, 2.45) is 0 Å². The van der Waals surface area contributed by atoms with E-state index in [0.29, 0.717) is 6.10 Å². The molecule has 2 aliphatic rings. The van der Waals surface area contributed by atoms with Crippen LogP contribution in [-0.4, -0.2) is 36.5 Å². The van der Waals surface area contributed by atoms with E-state index in [1.165, 1.54) is 25.7 Å². The molecule has 0 bridgehead atoms. The van der Waals surface area contributed by atoms with Gasteiger partial charge in [0.15, 0.2) is 0 Å². The highest BCUT2D eigenvalue weighted by molar-refractivity contribution is 4.86. The first-order valence-electron chi connectivity index (χ1n) is 5.83. The van der Waals surface area contributed by atoms with Crippen molar-refractivity contribution < 1.29 is 9.84 Å². The summed E-state index contributed by atoms with van der Waals surface area (Å²) in [5.41, 5.74) is -0.418. The highest BCUT2D eigenvalue weighted by atomic mass is 16.5. The number of nitrogens with one attached hydrogen (secondary N) is 1. The van der Waals surface area contributed by atoms with E-state index in [4.69, 9.17) is 4.74 Å². The number of ether oxygens (including phenoxy) is 1. The fourth-order valence-electron chi connectivity index (χ4n) is 2.48. The maximum atomic E-state index is 10.1. The lowest BCUT2D eigenvalue weighted by Crippen LogP contribution is -2.40. The van der Waals surface area contributed by atoms with Gasteiger partial charge < -0.3 is 15.2 Å². The van der Waals surface area contributed by atoms with Crippen LogP contribution in [0.2, 0.25) is 0 Å². The first-order valence-corrected chi connectivity index (χ1v) is 5.83. The second-order valence-electron chi connectivity index (χ2n) is 4.70. The van der Waals surface area contributed by atoms with E-state index in [9.17, 15) is 5.11 Å². The number of rotatable bonds is 4. The van der Waals surface area contributed by atoms with Crippen molar-refractivity contribution >= 4 is 0 Å². The fourth-order valence-corrected chi connectivity index (χ4v) is 2.48. The Morgan fingerprint density at radius 1 is 1.29 bits per heavy atom. The molecule has 2 fully saturated rings. The van der Waals surface area contributed by atoms with E-state index in [0.717, 1.165) is 32.5 Å². The average molecular weight is 199 g/mol. The molecule has 0 aromatic heterocycles. The molecular weight excluding hydrogens is 178 g/mol. The van der Waals surface area contributed by atoms with Crippen LogP contribution >= 0.6 is 0 Å². The molecule has 82 valence electrons. The molecule has 0 radical (unpaired) electrons. The Kier molecular flexibility index (Phi) is 3.42. The van der Waals surface area contributed by atoms with Gasteiger partial charge in [-0.15, -0.1) is 0 Å². The van der Waals surface area contributed by atoms with Crippen molar-refractivity contribution in [3.8, 4) is 0 Å². The highest BCUT2D eigenvalue weighted by Gasteiger charge is 2.30. The predicted octanol–water partition coefficient (Wildman–Crippen LogP) is 1.06. The largest absolute Gasteiger partial charge is 0.389 e. The van der Waals surface area contributed by atoms with Gasteiger partial charge in [0.2, 0.25) is 0 Å². The molecule has 0 aromatic carbocycles. The van der Waals surface area contributed by atoms with Crippen molar-refractivity contribution in [3.63, 3.8) is 0 Å². The first-order chi connectivity index (χ1) is 6.79. The summed E-state index contributed by atoms with van der Waals surface area (Å²) in [6.07, 6.45) is 7.04. The van der Waals surface area contributed by atoms with Crippen molar-refractivity contribution in [3.05, 3.63) is 0 Å². The van der Waals surface area contributed by atoms with Gasteiger partial charge in [-0.25, -0.2) is 0 Å². The third-order valence-corrected chi connectivity index (χ3v) is 3.38. The molecule has 1 atom stereocenters. The quantitative estimate of drug-likeness (QED) is 0.711. The smallest absolute Gasteiger partial charge is 0.0771 e. The Morgan fingerprint density at radius 2 is 2.07 bits per heavy atom. The van der Waals surface area contributed by atoms with Gasteiger partial charge in [-0.2, -0.15) is 0 Å². The van der Waals surface area contributed by atoms with Gasteiger partial charge >= 0.3 is 0 Å². The molecule has 2 N–H and O–H groups in total. The lowest BCUT2D eigenvalue weighted by molar-refractivity contribution is 0.0414. The Bertz CT molecular complexity index is 172. The van der Waals surface area contributed by atoms with E-state index >= 15 is 0 Å². The van der Waals surface area contributed by atoms with E-state index in [-0.39, 0.29) is 0 Å². The van der Waals surface area contributed by atoms with Gasteiger partial charge in [0.05, 0.1) is 11.7 Å². The Morgan fingerprint density at radius 3 is 2.71 bits per heavy atom. The standard InChI is InChI=1S/C11H21NO2/c13-11(5-1-2-6-11)9-12-8-10-4-3-7-14-10/h10,12-13H,1-9H2. The summed E-state index contributed by atoms with van der Waals surface area (Å²) in [7, 11) is 0. The molecule has 0 aromatic rings. The van der Waals surface area contributed by atoms with Crippen molar-refractivity contribution in [1.29, 1.82) is 0 Å². The Labute approximate surface area is 85.8 Å². The summed E-state index contributed by atoms with van der Waals surface area (Å²) in [4.78, 5) is 0. The minimum atomic E-state index is -0.418. The third kappa shape index (κ3) is 2.69. The summed E-state index contributed by atoms with van der Waals surface area (Å²) < 4.78 is 5.51. The normalized spacial score (nSPS) is 31.1. The highest BCUT2D eigenvalue weighted by Crippen LogP contribution is 2.28. The molecule has 3 heteroatoms. The van der Waals surface area contributed by atoms with Gasteiger partial charge in [-0.05, 0) is 25.7 Å². The molecular formula is C11H21NO2. The molecule has 1 aliphatic heterocycles. The van der Waals surface area contributed by atoms with Crippen LogP contribution in [-0.2, 0) is 4.74 Å². The van der Waals surface area contributed by atoms with Gasteiger partial charge in [-0.1, -0.05) is 12.8 Å². The van der Waals surface area contributed by atoms with Crippen LogP contribution in [0.4, 0.5) is 0 Å². The number of hydrogen-bond donors (Lipinski definition) is 2. The minimum absolute atomic E-state index is 0.389. The van der Waals surface area contributed by atoms with Gasteiger partial charge in [0, 0.05) is 19.7 Å². The predicted molar refractivity (Wildman–Crippen MR) is 55.3 cm³/mol. The van der Waals surface area contributed by atoms with Crippen LogP contribution in [0, 0.1) is 0 Å². The molecule has 1 saturated carbocycles. The Hall–Kier alpha value is -0.120. The zero-order valence-corrected chi connectivity index (χ0v) is 8.80. The molecule has 0 spiro atoms. The second-order valence-corrected chi connectivity index (χ2v) is 4.70. The van der Waals surface area contributed by atoms with Crippen LogP contribution in [0.3, 0.4) is 0 Å². The summed E-state index contributed by atoms with van der Waals surface area (Å²) in [5.74, 6) is 0. The lowest BCUT2D eigenvalue weighted by Gasteiger charge is -2.23. The first kappa shape index (κ1) is 10.4. The topological polar surface area (TPSA) is 41.5 Å². The maximum Gasteiger partial charge on any atom is 0.0771 e. The van der Waals surface area contributed by atoms with Crippen LogP contribution in [0.25, 0.3) is 0 Å². The monoisotopic (exact) mass is 199 g/mol.